The Morgan fingerprint density at radius 2 is 1.89 bits per heavy atom. The van der Waals surface area contributed by atoms with E-state index in [0.717, 1.165) is 52.7 Å². The molecule has 2 aromatic heterocycles. The molecule has 0 saturated carbocycles. The highest BCUT2D eigenvalue weighted by molar-refractivity contribution is 7.99. The molecule has 7 nitrogen and oxygen atoms in total. The Kier molecular flexibility index (Phi) is 7.02. The Bertz CT molecular complexity index is 1490. The van der Waals surface area contributed by atoms with Crippen molar-refractivity contribution in [2.75, 3.05) is 25.3 Å². The number of ether oxygens (including phenoxy) is 2. The van der Waals surface area contributed by atoms with Crippen LogP contribution in [0, 0.1) is 6.92 Å². The van der Waals surface area contributed by atoms with Crippen LogP contribution < -0.4 is 20.3 Å². The summed E-state index contributed by atoms with van der Waals surface area (Å²) in [6, 6.07) is 13.0. The zero-order valence-electron chi connectivity index (χ0n) is 20.4. The summed E-state index contributed by atoms with van der Waals surface area (Å²) in [5.41, 5.74) is 3.49. The monoisotopic (exact) mass is 521 g/mol. The van der Waals surface area contributed by atoms with Gasteiger partial charge in [-0.3, -0.25) is 14.2 Å². The van der Waals surface area contributed by atoms with Crippen LogP contribution in [0.15, 0.2) is 52.4 Å². The van der Waals surface area contributed by atoms with Crippen LogP contribution in [-0.4, -0.2) is 35.4 Å². The van der Waals surface area contributed by atoms with E-state index in [9.17, 15) is 9.59 Å². The first-order valence-corrected chi connectivity index (χ1v) is 13.6. The first kappa shape index (κ1) is 24.4. The van der Waals surface area contributed by atoms with Gasteiger partial charge in [-0.2, -0.15) is 0 Å². The van der Waals surface area contributed by atoms with Crippen LogP contribution in [0.2, 0.25) is 0 Å². The lowest BCUT2D eigenvalue weighted by Gasteiger charge is -2.14. The number of nitrogens with one attached hydrogen (secondary N) is 1. The molecule has 1 amide bonds. The minimum atomic E-state index is -0.223. The number of hydrogen-bond donors (Lipinski definition) is 1. The van der Waals surface area contributed by atoms with E-state index in [-0.39, 0.29) is 17.2 Å². The number of anilines is 1. The molecule has 2 aromatic carbocycles. The highest BCUT2D eigenvalue weighted by Crippen LogP contribution is 2.35. The van der Waals surface area contributed by atoms with Crippen LogP contribution >= 0.6 is 23.1 Å². The van der Waals surface area contributed by atoms with E-state index < -0.39 is 0 Å². The van der Waals surface area contributed by atoms with Gasteiger partial charge in [0, 0.05) is 10.9 Å². The van der Waals surface area contributed by atoms with Crippen LogP contribution in [0.3, 0.4) is 0 Å². The predicted octanol–water partition coefficient (Wildman–Crippen LogP) is 5.38. The van der Waals surface area contributed by atoms with Crippen molar-refractivity contribution in [1.29, 1.82) is 0 Å². The van der Waals surface area contributed by atoms with Crippen molar-refractivity contribution in [2.45, 2.75) is 37.8 Å². The van der Waals surface area contributed by atoms with Crippen molar-refractivity contribution < 1.29 is 14.3 Å². The van der Waals surface area contributed by atoms with Gasteiger partial charge in [0.25, 0.3) is 5.56 Å². The second kappa shape index (κ2) is 10.4. The lowest BCUT2D eigenvalue weighted by Crippen LogP contribution is -2.23. The summed E-state index contributed by atoms with van der Waals surface area (Å²) in [6.07, 6.45) is 4.14. The molecule has 0 radical (unpaired) electrons. The number of amides is 1. The average molecular weight is 522 g/mol. The van der Waals surface area contributed by atoms with E-state index in [2.05, 4.69) is 5.32 Å². The van der Waals surface area contributed by atoms with Gasteiger partial charge < -0.3 is 14.8 Å². The van der Waals surface area contributed by atoms with E-state index in [1.807, 2.05) is 31.2 Å². The number of benzene rings is 2. The number of aryl methyl sites for hydroxylation is 3. The molecular weight excluding hydrogens is 494 g/mol. The third-order valence-electron chi connectivity index (χ3n) is 6.27. The Morgan fingerprint density at radius 3 is 2.64 bits per heavy atom. The number of aromatic nitrogens is 2. The molecule has 1 N–H and O–H groups in total. The molecule has 9 heteroatoms. The largest absolute Gasteiger partial charge is 0.497 e. The van der Waals surface area contributed by atoms with Crippen molar-refractivity contribution >= 4 is 44.9 Å². The van der Waals surface area contributed by atoms with Gasteiger partial charge in [0.15, 0.2) is 5.16 Å². The quantitative estimate of drug-likeness (QED) is 0.260. The standard InChI is InChI=1S/C27H27N3O4S2/c1-16-8-10-17(11-9-16)30-26(32)24-19-6-4-5-7-22(19)36-25(24)29-27(30)35-15-23(31)28-20-13-12-18(33-2)14-21(20)34-3/h8-14H,4-7,15H2,1-3H3,(H,28,31). The van der Waals surface area contributed by atoms with Gasteiger partial charge >= 0.3 is 0 Å². The maximum Gasteiger partial charge on any atom is 0.267 e. The Morgan fingerprint density at radius 1 is 1.11 bits per heavy atom. The summed E-state index contributed by atoms with van der Waals surface area (Å²) < 4.78 is 12.3. The highest BCUT2D eigenvalue weighted by atomic mass is 32.2. The molecule has 1 aliphatic rings. The molecule has 36 heavy (non-hydrogen) atoms. The number of rotatable bonds is 7. The predicted molar refractivity (Wildman–Crippen MR) is 145 cm³/mol. The average Bonchev–Trinajstić information content (AvgIpc) is 3.27. The molecule has 2 heterocycles. The van der Waals surface area contributed by atoms with Crippen LogP contribution in [-0.2, 0) is 17.6 Å². The van der Waals surface area contributed by atoms with Gasteiger partial charge in [-0.05, 0) is 62.4 Å². The first-order chi connectivity index (χ1) is 17.5. The van der Waals surface area contributed by atoms with Crippen molar-refractivity contribution in [1.82, 2.24) is 9.55 Å². The fourth-order valence-electron chi connectivity index (χ4n) is 4.42. The smallest absolute Gasteiger partial charge is 0.267 e. The normalized spacial score (nSPS) is 12.9. The SMILES string of the molecule is COc1ccc(NC(=O)CSc2nc3sc4c(c3c(=O)n2-c2ccc(C)cc2)CCCC4)c(OC)c1. The maximum absolute atomic E-state index is 13.8. The molecule has 0 spiro atoms. The summed E-state index contributed by atoms with van der Waals surface area (Å²) >= 11 is 2.86. The van der Waals surface area contributed by atoms with Gasteiger partial charge in [-0.15, -0.1) is 11.3 Å². The first-order valence-electron chi connectivity index (χ1n) is 11.8. The van der Waals surface area contributed by atoms with Gasteiger partial charge in [0.05, 0.1) is 36.7 Å². The number of methoxy groups -OCH3 is 2. The van der Waals surface area contributed by atoms with Gasteiger partial charge in [-0.1, -0.05) is 29.5 Å². The van der Waals surface area contributed by atoms with Gasteiger partial charge in [0.1, 0.15) is 16.3 Å². The minimum Gasteiger partial charge on any atom is -0.497 e. The lowest BCUT2D eigenvalue weighted by atomic mass is 9.97. The van der Waals surface area contributed by atoms with Crippen LogP contribution in [0.25, 0.3) is 15.9 Å². The molecule has 0 bridgehead atoms. The highest BCUT2D eigenvalue weighted by Gasteiger charge is 2.23. The van der Waals surface area contributed by atoms with Crippen molar-refractivity contribution in [3.8, 4) is 17.2 Å². The number of thiophene rings is 1. The molecule has 4 aromatic rings. The molecular formula is C27H27N3O4S2. The van der Waals surface area contributed by atoms with Crippen LogP contribution in [0.1, 0.15) is 28.8 Å². The van der Waals surface area contributed by atoms with Crippen molar-refractivity contribution in [2.24, 2.45) is 0 Å². The summed E-state index contributed by atoms with van der Waals surface area (Å²) in [7, 11) is 3.12. The number of hydrogen-bond acceptors (Lipinski definition) is 7. The van der Waals surface area contributed by atoms with Crippen LogP contribution in [0.5, 0.6) is 11.5 Å². The van der Waals surface area contributed by atoms with Crippen molar-refractivity contribution in [3.63, 3.8) is 0 Å². The molecule has 186 valence electrons. The van der Waals surface area contributed by atoms with E-state index in [0.29, 0.717) is 22.3 Å². The Balaban J connectivity index is 1.48. The number of nitrogens with zero attached hydrogens (tertiary/aromatic N) is 2. The molecule has 0 unspecified atom stereocenters. The second-order valence-corrected chi connectivity index (χ2v) is 10.7. The zero-order chi connectivity index (χ0) is 25.2. The third kappa shape index (κ3) is 4.73. The molecule has 1 aliphatic carbocycles. The Labute approximate surface area is 217 Å². The molecule has 0 aliphatic heterocycles. The Hall–Kier alpha value is -3.30. The molecule has 5 rings (SSSR count). The number of fused-ring (bicyclic) bond motifs is 3. The van der Waals surface area contributed by atoms with E-state index in [1.54, 1.807) is 48.3 Å². The maximum atomic E-state index is 13.8. The number of carbonyl (C=O) groups excluding carboxylic acids is 1. The van der Waals surface area contributed by atoms with E-state index in [4.69, 9.17) is 14.5 Å². The molecule has 0 atom stereocenters. The topological polar surface area (TPSA) is 82.5 Å². The summed E-state index contributed by atoms with van der Waals surface area (Å²) in [4.78, 5) is 33.6. The molecule has 0 fully saturated rings. The summed E-state index contributed by atoms with van der Waals surface area (Å²) in [5.74, 6) is 1.01. The second-order valence-electron chi connectivity index (χ2n) is 8.66. The zero-order valence-corrected chi connectivity index (χ0v) is 22.1. The van der Waals surface area contributed by atoms with E-state index in [1.165, 1.54) is 16.6 Å². The fourth-order valence-corrected chi connectivity index (χ4v) is 6.54. The molecule has 0 saturated heterocycles. The summed E-state index contributed by atoms with van der Waals surface area (Å²) in [6.45, 7) is 2.01. The lowest BCUT2D eigenvalue weighted by molar-refractivity contribution is -0.113. The van der Waals surface area contributed by atoms with Crippen LogP contribution in [0.4, 0.5) is 5.69 Å². The van der Waals surface area contributed by atoms with E-state index >= 15 is 0 Å². The third-order valence-corrected chi connectivity index (χ3v) is 8.39. The fraction of sp³-hybridized carbons (Fsp3) is 0.296. The number of carbonyl (C=O) groups is 1. The summed E-state index contributed by atoms with van der Waals surface area (Å²) in [5, 5.41) is 4.12. The van der Waals surface area contributed by atoms with Gasteiger partial charge in [-0.25, -0.2) is 4.98 Å². The van der Waals surface area contributed by atoms with Gasteiger partial charge in [0.2, 0.25) is 5.91 Å². The minimum absolute atomic E-state index is 0.0667. The van der Waals surface area contributed by atoms with Crippen molar-refractivity contribution in [3.05, 3.63) is 68.8 Å². The number of thioether (sulfide) groups is 1.